The summed E-state index contributed by atoms with van der Waals surface area (Å²) in [5.41, 5.74) is 5.24. The molecule has 0 saturated carbocycles. The van der Waals surface area contributed by atoms with Crippen molar-refractivity contribution in [3.63, 3.8) is 0 Å². The molecule has 3 N–H and O–H groups in total. The van der Waals surface area contributed by atoms with E-state index in [-0.39, 0.29) is 11.8 Å². The van der Waals surface area contributed by atoms with E-state index in [4.69, 9.17) is 5.73 Å². The molecule has 0 aliphatic carbocycles. The molecule has 0 radical (unpaired) electrons. The number of rotatable bonds is 4. The number of carbonyl (C=O) groups is 1. The minimum Gasteiger partial charge on any atom is -0.355 e. The predicted molar refractivity (Wildman–Crippen MR) is 46.1 cm³/mol. The average Bonchev–Trinajstić information content (AvgIpc) is 1.98. The summed E-state index contributed by atoms with van der Waals surface area (Å²) in [6, 6.07) is 0. The lowest BCUT2D eigenvalue weighted by atomic mass is 9.97. The summed E-state index contributed by atoms with van der Waals surface area (Å²) in [7, 11) is 0. The quantitative estimate of drug-likeness (QED) is 0.620. The Balaban J connectivity index is 3.64. The van der Waals surface area contributed by atoms with Crippen LogP contribution in [0.25, 0.3) is 0 Å². The van der Waals surface area contributed by atoms with Gasteiger partial charge < -0.3 is 11.1 Å². The van der Waals surface area contributed by atoms with Crippen LogP contribution >= 0.6 is 0 Å². The van der Waals surface area contributed by atoms with Crippen LogP contribution in [0, 0.1) is 11.8 Å². The fourth-order valence-corrected chi connectivity index (χ4v) is 0.659. The van der Waals surface area contributed by atoms with E-state index in [1.165, 1.54) is 0 Å². The molecule has 0 aromatic rings. The van der Waals surface area contributed by atoms with E-state index in [1.807, 2.05) is 20.8 Å². The van der Waals surface area contributed by atoms with Gasteiger partial charge in [-0.05, 0) is 5.92 Å². The van der Waals surface area contributed by atoms with Crippen LogP contribution in [0.2, 0.25) is 0 Å². The van der Waals surface area contributed by atoms with Crippen molar-refractivity contribution in [3.05, 3.63) is 0 Å². The maximum absolute atomic E-state index is 11.2. The van der Waals surface area contributed by atoms with Crippen LogP contribution in [0.1, 0.15) is 20.8 Å². The molecule has 0 aromatic carbocycles. The molecule has 0 fully saturated rings. The second kappa shape index (κ2) is 5.13. The van der Waals surface area contributed by atoms with Crippen LogP contribution in [0.15, 0.2) is 0 Å². The summed E-state index contributed by atoms with van der Waals surface area (Å²) in [5.74, 6) is 0.583. The molecule has 0 spiro atoms. The Hall–Kier alpha value is -0.570. The average molecular weight is 158 g/mol. The summed E-state index contributed by atoms with van der Waals surface area (Å²) in [6.45, 7) is 7.09. The Bertz CT molecular complexity index is 123. The van der Waals surface area contributed by atoms with Crippen molar-refractivity contribution < 1.29 is 4.79 Å². The van der Waals surface area contributed by atoms with Crippen LogP contribution in [0.4, 0.5) is 0 Å². The predicted octanol–water partition coefficient (Wildman–Crippen LogP) is 0.353. The van der Waals surface area contributed by atoms with Crippen molar-refractivity contribution in [1.82, 2.24) is 5.32 Å². The summed E-state index contributed by atoms with van der Waals surface area (Å²) >= 11 is 0. The van der Waals surface area contributed by atoms with Crippen LogP contribution < -0.4 is 11.1 Å². The molecule has 0 unspecified atom stereocenters. The zero-order valence-electron chi connectivity index (χ0n) is 7.55. The van der Waals surface area contributed by atoms with Crippen molar-refractivity contribution in [1.29, 1.82) is 0 Å². The fraction of sp³-hybridized carbons (Fsp3) is 0.875. The van der Waals surface area contributed by atoms with Crippen molar-refractivity contribution in [2.24, 2.45) is 17.6 Å². The van der Waals surface area contributed by atoms with E-state index >= 15 is 0 Å². The van der Waals surface area contributed by atoms with Crippen LogP contribution in [0.5, 0.6) is 0 Å². The normalized spacial score (nSPS) is 13.2. The standard InChI is InChI=1S/C8H18N2O/c1-6(2)7(3)8(11)10-5-4-9/h6-7H,4-5,9H2,1-3H3,(H,10,11)/t7-/m0/s1. The molecule has 0 aromatic heterocycles. The molecule has 1 atom stereocenters. The molecule has 3 heteroatoms. The molecule has 0 rings (SSSR count). The molecule has 0 heterocycles. The van der Waals surface area contributed by atoms with Crippen LogP contribution in [-0.4, -0.2) is 19.0 Å². The van der Waals surface area contributed by atoms with Gasteiger partial charge in [-0.1, -0.05) is 20.8 Å². The van der Waals surface area contributed by atoms with Gasteiger partial charge in [0.1, 0.15) is 0 Å². The van der Waals surface area contributed by atoms with Gasteiger partial charge in [-0.2, -0.15) is 0 Å². The molecule has 0 aliphatic rings. The number of hydrogen-bond donors (Lipinski definition) is 2. The minimum atomic E-state index is 0.0848. The Morgan fingerprint density at radius 1 is 1.45 bits per heavy atom. The first-order valence-corrected chi connectivity index (χ1v) is 4.07. The third kappa shape index (κ3) is 3.98. The Morgan fingerprint density at radius 2 is 2.00 bits per heavy atom. The van der Waals surface area contributed by atoms with Crippen LogP contribution in [-0.2, 0) is 4.79 Å². The lowest BCUT2D eigenvalue weighted by molar-refractivity contribution is -0.125. The fourth-order valence-electron chi connectivity index (χ4n) is 0.659. The van der Waals surface area contributed by atoms with Gasteiger partial charge in [0, 0.05) is 19.0 Å². The smallest absolute Gasteiger partial charge is 0.223 e. The van der Waals surface area contributed by atoms with Gasteiger partial charge in [0.05, 0.1) is 0 Å². The van der Waals surface area contributed by atoms with Crippen LogP contribution in [0.3, 0.4) is 0 Å². The van der Waals surface area contributed by atoms with Gasteiger partial charge >= 0.3 is 0 Å². The highest BCUT2D eigenvalue weighted by molar-refractivity contribution is 5.78. The lowest BCUT2D eigenvalue weighted by Gasteiger charge is -2.14. The van der Waals surface area contributed by atoms with Gasteiger partial charge in [0.15, 0.2) is 0 Å². The van der Waals surface area contributed by atoms with Crippen molar-refractivity contribution in [2.75, 3.05) is 13.1 Å². The van der Waals surface area contributed by atoms with E-state index in [0.29, 0.717) is 19.0 Å². The van der Waals surface area contributed by atoms with E-state index in [1.54, 1.807) is 0 Å². The van der Waals surface area contributed by atoms with E-state index in [0.717, 1.165) is 0 Å². The summed E-state index contributed by atoms with van der Waals surface area (Å²) in [6.07, 6.45) is 0. The largest absolute Gasteiger partial charge is 0.355 e. The van der Waals surface area contributed by atoms with Crippen molar-refractivity contribution in [2.45, 2.75) is 20.8 Å². The Morgan fingerprint density at radius 3 is 2.36 bits per heavy atom. The minimum absolute atomic E-state index is 0.0848. The molecule has 1 amide bonds. The van der Waals surface area contributed by atoms with E-state index < -0.39 is 0 Å². The highest BCUT2D eigenvalue weighted by atomic mass is 16.1. The van der Waals surface area contributed by atoms with Gasteiger partial charge in [-0.25, -0.2) is 0 Å². The Kier molecular flexibility index (Phi) is 4.86. The topological polar surface area (TPSA) is 55.1 Å². The molecular formula is C8H18N2O. The second-order valence-electron chi connectivity index (χ2n) is 3.11. The van der Waals surface area contributed by atoms with E-state index in [2.05, 4.69) is 5.32 Å². The van der Waals surface area contributed by atoms with Gasteiger partial charge in [0.2, 0.25) is 5.91 Å². The summed E-state index contributed by atoms with van der Waals surface area (Å²) in [4.78, 5) is 11.2. The zero-order chi connectivity index (χ0) is 8.85. The monoisotopic (exact) mass is 158 g/mol. The first-order chi connectivity index (χ1) is 5.09. The lowest BCUT2D eigenvalue weighted by Crippen LogP contribution is -2.35. The summed E-state index contributed by atoms with van der Waals surface area (Å²) in [5, 5.41) is 2.75. The summed E-state index contributed by atoms with van der Waals surface area (Å²) < 4.78 is 0. The van der Waals surface area contributed by atoms with Gasteiger partial charge in [-0.15, -0.1) is 0 Å². The number of carbonyl (C=O) groups excluding carboxylic acids is 1. The molecule has 0 bridgehead atoms. The van der Waals surface area contributed by atoms with Gasteiger partial charge in [0.25, 0.3) is 0 Å². The maximum Gasteiger partial charge on any atom is 0.223 e. The first kappa shape index (κ1) is 10.4. The number of nitrogens with one attached hydrogen (secondary N) is 1. The number of amides is 1. The maximum atomic E-state index is 11.2. The van der Waals surface area contributed by atoms with Crippen molar-refractivity contribution >= 4 is 5.91 Å². The van der Waals surface area contributed by atoms with Gasteiger partial charge in [-0.3, -0.25) is 4.79 Å². The third-order valence-electron chi connectivity index (χ3n) is 1.86. The Labute approximate surface area is 68.3 Å². The zero-order valence-corrected chi connectivity index (χ0v) is 7.55. The molecule has 11 heavy (non-hydrogen) atoms. The molecule has 0 saturated heterocycles. The highest BCUT2D eigenvalue weighted by Crippen LogP contribution is 2.08. The van der Waals surface area contributed by atoms with E-state index in [9.17, 15) is 4.79 Å². The third-order valence-corrected chi connectivity index (χ3v) is 1.86. The number of hydrogen-bond acceptors (Lipinski definition) is 2. The molecule has 3 nitrogen and oxygen atoms in total. The molecular weight excluding hydrogens is 140 g/mol. The molecule has 66 valence electrons. The SMILES string of the molecule is CC(C)[C@H](C)C(=O)NCCN. The molecule has 0 aliphatic heterocycles. The number of nitrogens with two attached hydrogens (primary N) is 1. The highest BCUT2D eigenvalue weighted by Gasteiger charge is 2.14. The van der Waals surface area contributed by atoms with Crippen molar-refractivity contribution in [3.8, 4) is 0 Å². The first-order valence-electron chi connectivity index (χ1n) is 4.07. The second-order valence-corrected chi connectivity index (χ2v) is 3.11.